The second kappa shape index (κ2) is 6.31. The minimum Gasteiger partial charge on any atom is -0.384 e. The maximum absolute atomic E-state index is 4.21. The molecule has 18 heavy (non-hydrogen) atoms. The average molecular weight is 259 g/mol. The number of nitrogens with zero attached hydrogens (tertiary/aromatic N) is 1. The van der Waals surface area contributed by atoms with Gasteiger partial charge in [0.05, 0.1) is 23.8 Å². The minimum absolute atomic E-state index is 0.896. The van der Waals surface area contributed by atoms with Gasteiger partial charge in [0.15, 0.2) is 0 Å². The Hall–Kier alpha value is -1.68. The lowest BCUT2D eigenvalue weighted by molar-refractivity contribution is 1.19. The summed E-state index contributed by atoms with van der Waals surface area (Å²) in [6.45, 7) is 2.97. The first-order valence-corrected chi connectivity index (χ1v) is 7.14. The molecule has 0 aliphatic rings. The molecule has 0 amide bonds. The van der Waals surface area contributed by atoms with Gasteiger partial charge in [-0.3, -0.25) is 4.98 Å². The van der Waals surface area contributed by atoms with E-state index in [0.29, 0.717) is 0 Å². The zero-order valence-electron chi connectivity index (χ0n) is 10.6. The number of nitrogens with one attached hydrogen (secondary N) is 2. The van der Waals surface area contributed by atoms with Crippen molar-refractivity contribution in [1.29, 1.82) is 0 Å². The standard InChI is InChI=1S/C14H17N3S/c1-3-16-12-7-13(10-15-9-12)17-11-5-4-6-14(8-11)18-2/h4-10,16-17H,3H2,1-2H3. The van der Waals surface area contributed by atoms with E-state index in [-0.39, 0.29) is 0 Å². The van der Waals surface area contributed by atoms with Gasteiger partial charge >= 0.3 is 0 Å². The molecule has 4 heteroatoms. The second-order valence-corrected chi connectivity index (χ2v) is 4.73. The molecular weight excluding hydrogens is 242 g/mol. The summed E-state index contributed by atoms with van der Waals surface area (Å²) < 4.78 is 0. The number of anilines is 3. The smallest absolute Gasteiger partial charge is 0.0591 e. The topological polar surface area (TPSA) is 37.0 Å². The number of aromatic nitrogens is 1. The Morgan fingerprint density at radius 2 is 1.94 bits per heavy atom. The summed E-state index contributed by atoms with van der Waals surface area (Å²) in [4.78, 5) is 5.46. The summed E-state index contributed by atoms with van der Waals surface area (Å²) >= 11 is 1.74. The Morgan fingerprint density at radius 1 is 1.11 bits per heavy atom. The molecule has 2 aromatic rings. The molecule has 0 spiro atoms. The fraction of sp³-hybridized carbons (Fsp3) is 0.214. The minimum atomic E-state index is 0.896. The van der Waals surface area contributed by atoms with Crippen LogP contribution in [-0.4, -0.2) is 17.8 Å². The molecule has 0 aliphatic carbocycles. The monoisotopic (exact) mass is 259 g/mol. The highest BCUT2D eigenvalue weighted by atomic mass is 32.2. The number of benzene rings is 1. The Morgan fingerprint density at radius 3 is 2.72 bits per heavy atom. The molecule has 0 saturated heterocycles. The molecular formula is C14H17N3S. The highest BCUT2D eigenvalue weighted by Crippen LogP contribution is 2.23. The largest absolute Gasteiger partial charge is 0.384 e. The van der Waals surface area contributed by atoms with Crippen molar-refractivity contribution in [2.45, 2.75) is 11.8 Å². The molecule has 0 unspecified atom stereocenters. The number of hydrogen-bond donors (Lipinski definition) is 2. The fourth-order valence-electron chi connectivity index (χ4n) is 1.68. The van der Waals surface area contributed by atoms with Gasteiger partial charge in [-0.05, 0) is 37.4 Å². The molecule has 3 nitrogen and oxygen atoms in total. The van der Waals surface area contributed by atoms with Crippen molar-refractivity contribution in [2.75, 3.05) is 23.4 Å². The first-order chi connectivity index (χ1) is 8.81. The van der Waals surface area contributed by atoms with E-state index in [1.54, 1.807) is 11.8 Å². The molecule has 1 aromatic carbocycles. The van der Waals surface area contributed by atoms with E-state index in [4.69, 9.17) is 0 Å². The van der Waals surface area contributed by atoms with Crippen LogP contribution in [0.2, 0.25) is 0 Å². The van der Waals surface area contributed by atoms with Gasteiger partial charge in [0, 0.05) is 17.1 Å². The third-order valence-electron chi connectivity index (χ3n) is 2.48. The number of hydrogen-bond acceptors (Lipinski definition) is 4. The van der Waals surface area contributed by atoms with E-state index < -0.39 is 0 Å². The summed E-state index contributed by atoms with van der Waals surface area (Å²) in [7, 11) is 0. The average Bonchev–Trinajstić information content (AvgIpc) is 2.40. The summed E-state index contributed by atoms with van der Waals surface area (Å²) in [5, 5.41) is 6.61. The SMILES string of the molecule is CCNc1cncc(Nc2cccc(SC)c2)c1. The lowest BCUT2D eigenvalue weighted by atomic mass is 10.3. The third-order valence-corrected chi connectivity index (χ3v) is 3.20. The van der Waals surface area contributed by atoms with Gasteiger partial charge in [0.25, 0.3) is 0 Å². The first kappa shape index (κ1) is 12.8. The van der Waals surface area contributed by atoms with Gasteiger partial charge < -0.3 is 10.6 Å². The van der Waals surface area contributed by atoms with E-state index in [1.807, 2.05) is 12.4 Å². The third kappa shape index (κ3) is 3.40. The van der Waals surface area contributed by atoms with Crippen LogP contribution in [-0.2, 0) is 0 Å². The molecule has 1 heterocycles. The van der Waals surface area contributed by atoms with Crippen LogP contribution in [0.1, 0.15) is 6.92 Å². The van der Waals surface area contributed by atoms with Gasteiger partial charge in [0.2, 0.25) is 0 Å². The van der Waals surface area contributed by atoms with Crippen molar-refractivity contribution < 1.29 is 0 Å². The molecule has 2 rings (SSSR count). The Balaban J connectivity index is 2.14. The van der Waals surface area contributed by atoms with Crippen molar-refractivity contribution in [3.8, 4) is 0 Å². The zero-order valence-corrected chi connectivity index (χ0v) is 11.4. The number of rotatable bonds is 5. The van der Waals surface area contributed by atoms with Crippen LogP contribution in [0.3, 0.4) is 0 Å². The quantitative estimate of drug-likeness (QED) is 0.796. The van der Waals surface area contributed by atoms with Crippen LogP contribution in [0.25, 0.3) is 0 Å². The fourth-order valence-corrected chi connectivity index (χ4v) is 2.14. The van der Waals surface area contributed by atoms with Crippen LogP contribution in [0.15, 0.2) is 47.6 Å². The van der Waals surface area contributed by atoms with Crippen molar-refractivity contribution in [1.82, 2.24) is 4.98 Å². The summed E-state index contributed by atoms with van der Waals surface area (Å²) in [6.07, 6.45) is 5.73. The molecule has 94 valence electrons. The van der Waals surface area contributed by atoms with Gasteiger partial charge in [-0.2, -0.15) is 0 Å². The molecule has 2 N–H and O–H groups in total. The number of thioether (sulfide) groups is 1. The van der Waals surface area contributed by atoms with Crippen LogP contribution in [0.5, 0.6) is 0 Å². The maximum Gasteiger partial charge on any atom is 0.0591 e. The molecule has 0 fully saturated rings. The second-order valence-electron chi connectivity index (χ2n) is 3.85. The van der Waals surface area contributed by atoms with Crippen LogP contribution < -0.4 is 10.6 Å². The summed E-state index contributed by atoms with van der Waals surface area (Å²) in [5.74, 6) is 0. The van der Waals surface area contributed by atoms with E-state index in [1.165, 1.54) is 4.90 Å². The molecule has 0 bridgehead atoms. The Bertz CT molecular complexity index is 514. The van der Waals surface area contributed by atoms with Crippen molar-refractivity contribution in [3.05, 3.63) is 42.7 Å². The lowest BCUT2D eigenvalue weighted by Crippen LogP contribution is -1.98. The van der Waals surface area contributed by atoms with Crippen LogP contribution >= 0.6 is 11.8 Å². The van der Waals surface area contributed by atoms with Crippen molar-refractivity contribution in [2.24, 2.45) is 0 Å². The zero-order chi connectivity index (χ0) is 12.8. The summed E-state index contributed by atoms with van der Waals surface area (Å²) in [5.41, 5.74) is 3.10. The van der Waals surface area contributed by atoms with E-state index in [0.717, 1.165) is 23.6 Å². The lowest BCUT2D eigenvalue weighted by Gasteiger charge is -2.09. The molecule has 0 atom stereocenters. The highest BCUT2D eigenvalue weighted by Gasteiger charge is 1.98. The number of pyridine rings is 1. The molecule has 0 aliphatic heterocycles. The highest BCUT2D eigenvalue weighted by molar-refractivity contribution is 7.98. The van der Waals surface area contributed by atoms with Crippen molar-refractivity contribution in [3.63, 3.8) is 0 Å². The molecule has 0 saturated carbocycles. The van der Waals surface area contributed by atoms with E-state index >= 15 is 0 Å². The van der Waals surface area contributed by atoms with Gasteiger partial charge in [-0.25, -0.2) is 0 Å². The van der Waals surface area contributed by atoms with Crippen LogP contribution in [0.4, 0.5) is 17.1 Å². The Labute approximate surface area is 112 Å². The first-order valence-electron chi connectivity index (χ1n) is 5.92. The normalized spacial score (nSPS) is 10.1. The van der Waals surface area contributed by atoms with Crippen molar-refractivity contribution >= 4 is 28.8 Å². The molecule has 0 radical (unpaired) electrons. The van der Waals surface area contributed by atoms with Gasteiger partial charge in [0.1, 0.15) is 0 Å². The predicted octanol–water partition coefficient (Wildman–Crippen LogP) is 3.98. The Kier molecular flexibility index (Phi) is 4.47. The molecule has 1 aromatic heterocycles. The van der Waals surface area contributed by atoms with Gasteiger partial charge in [-0.1, -0.05) is 6.07 Å². The van der Waals surface area contributed by atoms with Gasteiger partial charge in [-0.15, -0.1) is 11.8 Å². The maximum atomic E-state index is 4.21. The summed E-state index contributed by atoms with van der Waals surface area (Å²) in [6, 6.07) is 10.4. The van der Waals surface area contributed by atoms with E-state index in [2.05, 4.69) is 59.1 Å². The van der Waals surface area contributed by atoms with E-state index in [9.17, 15) is 0 Å². The van der Waals surface area contributed by atoms with Crippen LogP contribution in [0, 0.1) is 0 Å². The predicted molar refractivity (Wildman–Crippen MR) is 79.9 cm³/mol.